The molecule has 1 fully saturated rings. The number of anilines is 1. The first-order valence-corrected chi connectivity index (χ1v) is 6.64. The van der Waals surface area contributed by atoms with E-state index in [0.717, 1.165) is 24.5 Å². The van der Waals surface area contributed by atoms with Gasteiger partial charge in [0.15, 0.2) is 0 Å². The van der Waals surface area contributed by atoms with Crippen LogP contribution in [-0.2, 0) is 4.74 Å². The molecular weight excluding hydrogens is 228 g/mol. The van der Waals surface area contributed by atoms with Crippen LogP contribution in [0.3, 0.4) is 0 Å². The van der Waals surface area contributed by atoms with Crippen LogP contribution in [-0.4, -0.2) is 35.4 Å². The van der Waals surface area contributed by atoms with E-state index in [-0.39, 0.29) is 12.2 Å². The molecule has 0 saturated carbocycles. The van der Waals surface area contributed by atoms with Gasteiger partial charge in [0, 0.05) is 13.1 Å². The van der Waals surface area contributed by atoms with Crippen LogP contribution in [0.2, 0.25) is 0 Å². The fraction of sp³-hybridized carbons (Fsp3) is 0.643. The average Bonchev–Trinajstić information content (AvgIpc) is 2.37. The number of hydrogen-bond donors (Lipinski definition) is 1. The second-order valence-corrected chi connectivity index (χ2v) is 5.03. The zero-order valence-corrected chi connectivity index (χ0v) is 11.3. The van der Waals surface area contributed by atoms with Crippen molar-refractivity contribution in [3.05, 3.63) is 24.0 Å². The largest absolute Gasteiger partial charge is 0.387 e. The average molecular weight is 250 g/mol. The number of nitrogens with zero attached hydrogens (tertiary/aromatic N) is 2. The van der Waals surface area contributed by atoms with E-state index in [4.69, 9.17) is 4.74 Å². The smallest absolute Gasteiger partial charge is 0.0957 e. The van der Waals surface area contributed by atoms with E-state index in [1.807, 2.05) is 25.3 Å². The summed E-state index contributed by atoms with van der Waals surface area (Å²) < 4.78 is 5.72. The van der Waals surface area contributed by atoms with Gasteiger partial charge in [0.25, 0.3) is 0 Å². The molecule has 1 saturated heterocycles. The van der Waals surface area contributed by atoms with Gasteiger partial charge in [-0.3, -0.25) is 4.98 Å². The van der Waals surface area contributed by atoms with E-state index in [9.17, 15) is 5.11 Å². The molecule has 1 aliphatic heterocycles. The number of aromatic nitrogens is 1. The Morgan fingerprint density at radius 3 is 2.56 bits per heavy atom. The van der Waals surface area contributed by atoms with Crippen molar-refractivity contribution >= 4 is 5.69 Å². The van der Waals surface area contributed by atoms with Crippen molar-refractivity contribution in [2.75, 3.05) is 18.0 Å². The van der Waals surface area contributed by atoms with Crippen LogP contribution in [0.1, 0.15) is 39.0 Å². The Morgan fingerprint density at radius 2 is 2.06 bits per heavy atom. The van der Waals surface area contributed by atoms with Crippen molar-refractivity contribution in [2.24, 2.45) is 0 Å². The highest BCUT2D eigenvalue weighted by atomic mass is 16.5. The van der Waals surface area contributed by atoms with E-state index >= 15 is 0 Å². The molecule has 1 unspecified atom stereocenters. The van der Waals surface area contributed by atoms with Crippen molar-refractivity contribution in [3.63, 3.8) is 0 Å². The molecule has 4 nitrogen and oxygen atoms in total. The molecule has 0 radical (unpaired) electrons. The molecule has 3 atom stereocenters. The van der Waals surface area contributed by atoms with Crippen LogP contribution < -0.4 is 4.90 Å². The molecule has 100 valence electrons. The lowest BCUT2D eigenvalue weighted by atomic mass is 10.1. The highest BCUT2D eigenvalue weighted by molar-refractivity contribution is 5.45. The second kappa shape index (κ2) is 5.67. The summed E-state index contributed by atoms with van der Waals surface area (Å²) in [4.78, 5) is 6.63. The van der Waals surface area contributed by atoms with Crippen molar-refractivity contribution in [1.82, 2.24) is 4.98 Å². The SMILES string of the molecule is CCC(O)c1ccc(N2C[C@@H](C)O[C@@H](C)C2)cn1. The zero-order valence-electron chi connectivity index (χ0n) is 11.3. The number of morpholine rings is 1. The zero-order chi connectivity index (χ0) is 13.1. The van der Waals surface area contributed by atoms with Gasteiger partial charge in [-0.15, -0.1) is 0 Å². The normalized spacial score (nSPS) is 26.1. The number of pyridine rings is 1. The summed E-state index contributed by atoms with van der Waals surface area (Å²) in [6.45, 7) is 7.91. The molecule has 4 heteroatoms. The number of hydrogen-bond acceptors (Lipinski definition) is 4. The Hall–Kier alpha value is -1.13. The van der Waals surface area contributed by atoms with Crippen molar-refractivity contribution in [3.8, 4) is 0 Å². The van der Waals surface area contributed by atoms with E-state index in [2.05, 4.69) is 23.7 Å². The van der Waals surface area contributed by atoms with Gasteiger partial charge < -0.3 is 14.7 Å². The number of aliphatic hydroxyl groups is 1. The van der Waals surface area contributed by atoms with Gasteiger partial charge in [-0.05, 0) is 32.4 Å². The van der Waals surface area contributed by atoms with E-state index in [1.165, 1.54) is 0 Å². The molecule has 18 heavy (non-hydrogen) atoms. The maximum atomic E-state index is 9.72. The molecule has 0 bridgehead atoms. The molecular formula is C14H22N2O2. The second-order valence-electron chi connectivity index (χ2n) is 5.03. The standard InChI is InChI=1S/C14H22N2O2/c1-4-14(17)13-6-5-12(7-15-13)16-8-10(2)18-11(3)9-16/h5-7,10-11,14,17H,4,8-9H2,1-3H3/t10-,11+,14?. The highest BCUT2D eigenvalue weighted by Gasteiger charge is 2.22. The Kier molecular flexibility index (Phi) is 4.19. The maximum absolute atomic E-state index is 9.72. The molecule has 1 aromatic rings. The lowest BCUT2D eigenvalue weighted by Gasteiger charge is -2.36. The fourth-order valence-electron chi connectivity index (χ4n) is 2.38. The summed E-state index contributed by atoms with van der Waals surface area (Å²) in [5, 5.41) is 9.72. The minimum absolute atomic E-state index is 0.245. The van der Waals surface area contributed by atoms with Gasteiger partial charge in [0.1, 0.15) is 0 Å². The molecule has 1 N–H and O–H groups in total. The Morgan fingerprint density at radius 1 is 1.39 bits per heavy atom. The summed E-state index contributed by atoms with van der Waals surface area (Å²) in [5.41, 5.74) is 1.85. The predicted octanol–water partition coefficient (Wildman–Crippen LogP) is 2.14. The predicted molar refractivity (Wildman–Crippen MR) is 71.7 cm³/mol. The van der Waals surface area contributed by atoms with Crippen molar-refractivity contribution in [2.45, 2.75) is 45.5 Å². The summed E-state index contributed by atoms with van der Waals surface area (Å²) in [6.07, 6.45) is 2.57. The quantitative estimate of drug-likeness (QED) is 0.892. The van der Waals surface area contributed by atoms with Gasteiger partial charge in [-0.25, -0.2) is 0 Å². The number of aliphatic hydroxyl groups excluding tert-OH is 1. The van der Waals surface area contributed by atoms with Crippen LogP contribution >= 0.6 is 0 Å². The summed E-state index contributed by atoms with van der Waals surface area (Å²) in [7, 11) is 0. The van der Waals surface area contributed by atoms with Crippen LogP contribution in [0.25, 0.3) is 0 Å². The summed E-state index contributed by atoms with van der Waals surface area (Å²) in [6, 6.07) is 3.94. The van der Waals surface area contributed by atoms with Crippen LogP contribution in [0.5, 0.6) is 0 Å². The van der Waals surface area contributed by atoms with Crippen molar-refractivity contribution in [1.29, 1.82) is 0 Å². The summed E-state index contributed by atoms with van der Waals surface area (Å²) in [5.74, 6) is 0. The first kappa shape index (κ1) is 13.3. The topological polar surface area (TPSA) is 45.6 Å². The Labute approximate surface area is 109 Å². The Bertz CT molecular complexity index is 370. The van der Waals surface area contributed by atoms with Gasteiger partial charge in [0.2, 0.25) is 0 Å². The molecule has 2 rings (SSSR count). The van der Waals surface area contributed by atoms with Gasteiger partial charge >= 0.3 is 0 Å². The lowest BCUT2D eigenvalue weighted by molar-refractivity contribution is -0.00524. The molecule has 2 heterocycles. The molecule has 1 aromatic heterocycles. The molecule has 0 spiro atoms. The van der Waals surface area contributed by atoms with Crippen molar-refractivity contribution < 1.29 is 9.84 Å². The third kappa shape index (κ3) is 3.00. The first-order valence-electron chi connectivity index (χ1n) is 6.64. The lowest BCUT2D eigenvalue weighted by Crippen LogP contribution is -2.45. The number of rotatable bonds is 3. The van der Waals surface area contributed by atoms with Crippen LogP contribution in [0.4, 0.5) is 5.69 Å². The molecule has 0 aromatic carbocycles. The number of ether oxygens (including phenoxy) is 1. The van der Waals surface area contributed by atoms with Crippen LogP contribution in [0, 0.1) is 0 Å². The van der Waals surface area contributed by atoms with E-state index < -0.39 is 6.10 Å². The third-order valence-corrected chi connectivity index (χ3v) is 3.28. The van der Waals surface area contributed by atoms with E-state index in [0.29, 0.717) is 6.42 Å². The fourth-order valence-corrected chi connectivity index (χ4v) is 2.38. The molecule has 1 aliphatic rings. The minimum atomic E-state index is -0.457. The third-order valence-electron chi connectivity index (χ3n) is 3.28. The minimum Gasteiger partial charge on any atom is -0.387 e. The van der Waals surface area contributed by atoms with Gasteiger partial charge in [0.05, 0.1) is 35.9 Å². The van der Waals surface area contributed by atoms with Gasteiger partial charge in [-0.1, -0.05) is 6.92 Å². The van der Waals surface area contributed by atoms with Gasteiger partial charge in [-0.2, -0.15) is 0 Å². The summed E-state index contributed by atoms with van der Waals surface area (Å²) >= 11 is 0. The van der Waals surface area contributed by atoms with Crippen LogP contribution in [0.15, 0.2) is 18.3 Å². The molecule has 0 amide bonds. The highest BCUT2D eigenvalue weighted by Crippen LogP contribution is 2.21. The Balaban J connectivity index is 2.09. The molecule has 0 aliphatic carbocycles. The maximum Gasteiger partial charge on any atom is 0.0957 e. The first-order chi connectivity index (χ1) is 8.60. The van der Waals surface area contributed by atoms with E-state index in [1.54, 1.807) is 0 Å². The monoisotopic (exact) mass is 250 g/mol.